The number of allylic oxidation sites excluding steroid dienone is 3. The molecule has 0 aromatic heterocycles. The highest BCUT2D eigenvalue weighted by Crippen LogP contribution is 2.76. The van der Waals surface area contributed by atoms with Crippen molar-refractivity contribution >= 4 is 23.7 Å². The van der Waals surface area contributed by atoms with Gasteiger partial charge in [-0.05, 0) is 148 Å². The van der Waals surface area contributed by atoms with Crippen molar-refractivity contribution < 1.29 is 34.4 Å². The predicted molar refractivity (Wildman–Crippen MR) is 225 cm³/mol. The quantitative estimate of drug-likeness (QED) is 0.166. The molecule has 4 N–H and O–H groups in total. The molecule has 320 valence electrons. The molecule has 1 aliphatic heterocycles. The molecule has 6 aliphatic rings. The van der Waals surface area contributed by atoms with Gasteiger partial charge in [-0.15, -0.1) is 0 Å². The lowest BCUT2D eigenvalue weighted by Gasteiger charge is -2.72. The maximum Gasteiger partial charge on any atom is 0.410 e. The third kappa shape index (κ3) is 6.90. The molecular formula is C48H71N3O7. The molecule has 10 unspecified atom stereocenters. The first kappa shape index (κ1) is 42.7. The molecule has 3 amide bonds. The zero-order chi connectivity index (χ0) is 42.4. The minimum atomic E-state index is -1.47. The van der Waals surface area contributed by atoms with E-state index in [9.17, 15) is 29.7 Å². The number of aliphatic carboxylic acids is 1. The van der Waals surface area contributed by atoms with Crippen LogP contribution in [0.1, 0.15) is 144 Å². The molecule has 0 bridgehead atoms. The Balaban J connectivity index is 1.15. The number of hydrogen-bond donors (Lipinski definition) is 4. The molecule has 10 atom stereocenters. The summed E-state index contributed by atoms with van der Waals surface area (Å²) in [5, 5.41) is 33.0. The van der Waals surface area contributed by atoms with Gasteiger partial charge in [-0.2, -0.15) is 0 Å². The summed E-state index contributed by atoms with van der Waals surface area (Å²) in [6, 6.07) is 6.89. The largest absolute Gasteiger partial charge is 0.481 e. The minimum Gasteiger partial charge on any atom is -0.481 e. The van der Waals surface area contributed by atoms with Gasteiger partial charge in [0.05, 0.1) is 12.5 Å². The highest BCUT2D eigenvalue weighted by atomic mass is 16.6. The number of aliphatic hydroxyl groups excluding tert-OH is 1. The van der Waals surface area contributed by atoms with E-state index in [4.69, 9.17) is 4.74 Å². The van der Waals surface area contributed by atoms with Crippen LogP contribution in [0.5, 0.6) is 0 Å². The molecule has 1 aromatic rings. The molecule has 58 heavy (non-hydrogen) atoms. The van der Waals surface area contributed by atoms with Crippen LogP contribution < -0.4 is 5.32 Å². The van der Waals surface area contributed by atoms with Gasteiger partial charge in [0.15, 0.2) is 6.29 Å². The highest BCUT2D eigenvalue weighted by molar-refractivity contribution is 5.78. The molecular weight excluding hydrogens is 731 g/mol. The van der Waals surface area contributed by atoms with Gasteiger partial charge in [0.1, 0.15) is 5.60 Å². The van der Waals surface area contributed by atoms with E-state index < -0.39 is 35.5 Å². The second-order valence-electron chi connectivity index (χ2n) is 21.7. The van der Waals surface area contributed by atoms with Gasteiger partial charge in [-0.3, -0.25) is 4.79 Å². The Morgan fingerprint density at radius 1 is 0.914 bits per heavy atom. The second-order valence-corrected chi connectivity index (χ2v) is 21.7. The zero-order valence-electron chi connectivity index (χ0n) is 36.7. The maximum atomic E-state index is 14.6. The van der Waals surface area contributed by atoms with E-state index in [0.717, 1.165) is 56.9 Å². The zero-order valence-corrected chi connectivity index (χ0v) is 36.7. The number of nitrogens with zero attached hydrogens (tertiary/aromatic N) is 2. The maximum absolute atomic E-state index is 14.6. The number of piperazine rings is 1. The second kappa shape index (κ2) is 14.7. The number of carbonyl (C=O) groups excluding carboxylic acids is 2. The van der Waals surface area contributed by atoms with Gasteiger partial charge in [-0.25, -0.2) is 9.59 Å². The first-order valence-electron chi connectivity index (χ1n) is 22.1. The van der Waals surface area contributed by atoms with Crippen molar-refractivity contribution in [3.63, 3.8) is 0 Å². The van der Waals surface area contributed by atoms with E-state index in [2.05, 4.69) is 59.5 Å². The topological polar surface area (TPSA) is 140 Å². The SMILES string of the molecule is C=C(C)C1CCC2(NC(=O)N3CCN(C(=O)OC(C)(C)C)CC3CC(=O)O)CCC3(C)C(CCC4C5(C)CC=C(c6ccc(C(O)O)cc6)C(C)(C)C5CCC43C)C12. The van der Waals surface area contributed by atoms with Gasteiger partial charge < -0.3 is 35.2 Å². The van der Waals surface area contributed by atoms with E-state index in [1.807, 2.05) is 45.0 Å². The van der Waals surface area contributed by atoms with Crippen molar-refractivity contribution in [2.45, 2.75) is 150 Å². The molecule has 1 aromatic carbocycles. The normalized spacial score (nSPS) is 38.1. The lowest BCUT2D eigenvalue weighted by molar-refractivity contribution is -0.218. The average molecular weight is 802 g/mol. The van der Waals surface area contributed by atoms with E-state index in [-0.39, 0.29) is 59.7 Å². The molecule has 0 radical (unpaired) electrons. The number of benzene rings is 1. The lowest BCUT2D eigenvalue weighted by atomic mass is 9.33. The number of urea groups is 1. The molecule has 10 heteroatoms. The van der Waals surface area contributed by atoms with Crippen LogP contribution >= 0.6 is 0 Å². The Hall–Kier alpha value is -3.37. The summed E-state index contributed by atoms with van der Waals surface area (Å²) >= 11 is 0. The number of carbonyl (C=O) groups is 3. The Kier molecular flexibility index (Phi) is 10.8. The Morgan fingerprint density at radius 2 is 1.60 bits per heavy atom. The number of rotatable bonds is 6. The monoisotopic (exact) mass is 802 g/mol. The van der Waals surface area contributed by atoms with Crippen LogP contribution in [0.2, 0.25) is 0 Å². The van der Waals surface area contributed by atoms with Crippen LogP contribution in [0.25, 0.3) is 5.57 Å². The first-order valence-corrected chi connectivity index (χ1v) is 22.1. The van der Waals surface area contributed by atoms with E-state index in [0.29, 0.717) is 29.2 Å². The molecule has 1 saturated heterocycles. The summed E-state index contributed by atoms with van der Waals surface area (Å²) < 4.78 is 5.62. The van der Waals surface area contributed by atoms with E-state index >= 15 is 0 Å². The third-order valence-electron chi connectivity index (χ3n) is 17.3. The molecule has 4 saturated carbocycles. The highest BCUT2D eigenvalue weighted by Gasteiger charge is 2.70. The van der Waals surface area contributed by atoms with Crippen molar-refractivity contribution in [3.05, 3.63) is 53.6 Å². The van der Waals surface area contributed by atoms with Crippen molar-refractivity contribution in [3.8, 4) is 0 Å². The first-order chi connectivity index (χ1) is 27.0. The lowest BCUT2D eigenvalue weighted by Crippen LogP contribution is -2.69. The fourth-order valence-electron chi connectivity index (χ4n) is 14.6. The fraction of sp³-hybridized carbons (Fsp3) is 0.729. The van der Waals surface area contributed by atoms with Crippen LogP contribution in [0, 0.1) is 51.2 Å². The molecule has 5 fully saturated rings. The number of carboxylic acid groups (broad SMARTS) is 1. The standard InChI is InChI=1S/C48H71N3O7/c1-29(2)33-17-22-48(49-41(56)51-26-25-50(28-32(51)27-38(52)53)42(57)58-43(3,4)5)24-23-46(9)35(39(33)48)15-16-37-45(8)20-18-34(30-11-13-31(14-12-30)40(54)55)44(6,7)36(45)19-21-47(37,46)10/h11-14,18,32-33,35-37,39-40,54-55H,1,15-17,19-28H2,2-10H3,(H,49,56)(H,52,53). The minimum absolute atomic E-state index is 0.0508. The van der Waals surface area contributed by atoms with Crippen molar-refractivity contribution in [1.29, 1.82) is 0 Å². The molecule has 7 rings (SSSR count). The number of aliphatic hydroxyl groups is 2. The molecule has 10 nitrogen and oxygen atoms in total. The number of fused-ring (bicyclic) bond motifs is 7. The number of carboxylic acids is 1. The molecule has 1 heterocycles. The summed E-state index contributed by atoms with van der Waals surface area (Å²) in [5.74, 6) is 1.01. The average Bonchev–Trinajstić information content (AvgIpc) is 3.50. The fourth-order valence-corrected chi connectivity index (χ4v) is 14.6. The smallest absolute Gasteiger partial charge is 0.410 e. The van der Waals surface area contributed by atoms with Gasteiger partial charge in [-0.1, -0.05) is 77.1 Å². The summed E-state index contributed by atoms with van der Waals surface area (Å²) in [6.45, 7) is 25.4. The molecule has 5 aliphatic carbocycles. The third-order valence-corrected chi connectivity index (χ3v) is 17.3. The summed E-state index contributed by atoms with van der Waals surface area (Å²) in [6.07, 6.45) is 9.70. The van der Waals surface area contributed by atoms with Crippen LogP contribution in [0.4, 0.5) is 9.59 Å². The summed E-state index contributed by atoms with van der Waals surface area (Å²) in [4.78, 5) is 42.9. The van der Waals surface area contributed by atoms with Crippen LogP contribution in [0.15, 0.2) is 42.5 Å². The van der Waals surface area contributed by atoms with Crippen molar-refractivity contribution in [2.24, 2.45) is 51.2 Å². The molecule has 0 spiro atoms. The number of amides is 3. The number of ether oxygens (including phenoxy) is 1. The van der Waals surface area contributed by atoms with Crippen LogP contribution in [-0.4, -0.2) is 80.0 Å². The van der Waals surface area contributed by atoms with Gasteiger partial charge >= 0.3 is 18.1 Å². The van der Waals surface area contributed by atoms with E-state index in [1.165, 1.54) is 17.6 Å². The predicted octanol–water partition coefficient (Wildman–Crippen LogP) is 9.18. The van der Waals surface area contributed by atoms with Crippen LogP contribution in [-0.2, 0) is 9.53 Å². The van der Waals surface area contributed by atoms with Gasteiger partial charge in [0.2, 0.25) is 0 Å². The number of hydrogen-bond acceptors (Lipinski definition) is 6. The van der Waals surface area contributed by atoms with Crippen molar-refractivity contribution in [1.82, 2.24) is 15.1 Å². The Morgan fingerprint density at radius 3 is 2.22 bits per heavy atom. The van der Waals surface area contributed by atoms with Crippen LogP contribution in [0.3, 0.4) is 0 Å². The van der Waals surface area contributed by atoms with Gasteiger partial charge in [0, 0.05) is 30.7 Å². The van der Waals surface area contributed by atoms with Gasteiger partial charge in [0.25, 0.3) is 0 Å². The summed E-state index contributed by atoms with van der Waals surface area (Å²) in [7, 11) is 0. The van der Waals surface area contributed by atoms with E-state index in [1.54, 1.807) is 9.80 Å². The number of nitrogens with one attached hydrogen (secondary N) is 1. The Labute approximate surface area is 346 Å². The Bertz CT molecular complexity index is 1830. The summed E-state index contributed by atoms with van der Waals surface area (Å²) in [5.41, 5.74) is 3.41. The van der Waals surface area contributed by atoms with Crippen molar-refractivity contribution in [2.75, 3.05) is 19.6 Å².